The van der Waals surface area contributed by atoms with E-state index < -0.39 is 18.6 Å². The average molecular weight is 189 g/mol. The molecule has 0 aliphatic heterocycles. The van der Waals surface area contributed by atoms with Crippen LogP contribution < -0.4 is 5.56 Å². The van der Waals surface area contributed by atoms with E-state index in [0.29, 0.717) is 0 Å². The van der Waals surface area contributed by atoms with Crippen LogP contribution in [-0.4, -0.2) is 10.1 Å². The van der Waals surface area contributed by atoms with Gasteiger partial charge < -0.3 is 10.1 Å². The second-order valence-corrected chi connectivity index (χ2v) is 2.64. The average Bonchev–Trinajstić information content (AvgIpc) is 2.09. The van der Waals surface area contributed by atoms with E-state index in [2.05, 4.69) is 4.98 Å². The summed E-state index contributed by atoms with van der Waals surface area (Å²) in [5, 5.41) is 8.79. The molecular formula is C8H9F2NO2. The molecule has 0 aliphatic rings. The van der Waals surface area contributed by atoms with Gasteiger partial charge in [-0.3, -0.25) is 4.79 Å². The highest BCUT2D eigenvalue weighted by Crippen LogP contribution is 2.22. The van der Waals surface area contributed by atoms with Gasteiger partial charge in [0.1, 0.15) is 0 Å². The van der Waals surface area contributed by atoms with E-state index in [4.69, 9.17) is 5.11 Å². The Labute approximate surface area is 73.0 Å². The molecule has 0 saturated heterocycles. The highest BCUT2D eigenvalue weighted by atomic mass is 19.3. The first kappa shape index (κ1) is 9.85. The van der Waals surface area contributed by atoms with Crippen molar-refractivity contribution >= 4 is 0 Å². The molecule has 0 aliphatic carbocycles. The third-order valence-corrected chi connectivity index (χ3v) is 1.89. The first-order chi connectivity index (χ1) is 6.07. The number of aromatic nitrogens is 1. The Kier molecular flexibility index (Phi) is 2.77. The molecule has 0 amide bonds. The number of hydrogen-bond acceptors (Lipinski definition) is 2. The van der Waals surface area contributed by atoms with Crippen LogP contribution in [0.5, 0.6) is 0 Å². The lowest BCUT2D eigenvalue weighted by molar-refractivity contribution is 0.146. The van der Waals surface area contributed by atoms with Crippen molar-refractivity contribution in [3.63, 3.8) is 0 Å². The normalized spacial score (nSPS) is 10.8. The number of alkyl halides is 2. The van der Waals surface area contributed by atoms with Crippen LogP contribution >= 0.6 is 0 Å². The van der Waals surface area contributed by atoms with E-state index in [1.54, 1.807) is 0 Å². The number of aliphatic hydroxyl groups is 1. The molecule has 0 aromatic carbocycles. The summed E-state index contributed by atoms with van der Waals surface area (Å²) in [4.78, 5) is 13.1. The molecule has 0 atom stereocenters. The molecule has 13 heavy (non-hydrogen) atoms. The fourth-order valence-corrected chi connectivity index (χ4v) is 1.10. The SMILES string of the molecule is Cc1c(CO)c(C(F)F)c[nH]c1=O. The van der Waals surface area contributed by atoms with E-state index >= 15 is 0 Å². The van der Waals surface area contributed by atoms with Crippen LogP contribution in [0, 0.1) is 6.92 Å². The standard InChI is InChI=1S/C8H9F2NO2/c1-4-6(3-12)5(7(9)10)2-11-8(4)13/h2,7,12H,3H2,1H3,(H,11,13). The predicted molar refractivity (Wildman–Crippen MR) is 42.7 cm³/mol. The smallest absolute Gasteiger partial charge is 0.265 e. The Bertz CT molecular complexity index is 360. The molecule has 3 nitrogen and oxygen atoms in total. The summed E-state index contributed by atoms with van der Waals surface area (Å²) in [6.07, 6.45) is -1.75. The summed E-state index contributed by atoms with van der Waals surface area (Å²) < 4.78 is 24.6. The third kappa shape index (κ3) is 1.75. The third-order valence-electron chi connectivity index (χ3n) is 1.89. The minimum atomic E-state index is -2.68. The highest BCUT2D eigenvalue weighted by Gasteiger charge is 2.15. The number of nitrogens with one attached hydrogen (secondary N) is 1. The van der Waals surface area contributed by atoms with Crippen LogP contribution in [-0.2, 0) is 6.61 Å². The first-order valence-electron chi connectivity index (χ1n) is 3.68. The highest BCUT2D eigenvalue weighted by molar-refractivity contribution is 5.31. The Hall–Kier alpha value is -1.23. The first-order valence-corrected chi connectivity index (χ1v) is 3.68. The minimum Gasteiger partial charge on any atom is -0.392 e. The van der Waals surface area contributed by atoms with Crippen LogP contribution in [0.25, 0.3) is 0 Å². The van der Waals surface area contributed by atoms with Crippen molar-refractivity contribution in [2.45, 2.75) is 20.0 Å². The second-order valence-electron chi connectivity index (χ2n) is 2.64. The van der Waals surface area contributed by atoms with Gasteiger partial charge in [0.05, 0.1) is 6.61 Å². The maximum Gasteiger partial charge on any atom is 0.265 e. The largest absolute Gasteiger partial charge is 0.392 e. The van der Waals surface area contributed by atoms with Gasteiger partial charge in [0.15, 0.2) is 0 Å². The summed E-state index contributed by atoms with van der Waals surface area (Å²) in [5.74, 6) is 0. The van der Waals surface area contributed by atoms with Crippen molar-refractivity contribution in [3.05, 3.63) is 33.2 Å². The molecule has 2 N–H and O–H groups in total. The molecule has 0 fully saturated rings. The molecule has 0 bridgehead atoms. The molecule has 72 valence electrons. The maximum atomic E-state index is 12.3. The molecule has 1 aromatic rings. The number of rotatable bonds is 2. The topological polar surface area (TPSA) is 53.1 Å². The van der Waals surface area contributed by atoms with E-state index in [1.807, 2.05) is 0 Å². The summed E-state index contributed by atoms with van der Waals surface area (Å²) in [7, 11) is 0. The monoisotopic (exact) mass is 189 g/mol. The fraction of sp³-hybridized carbons (Fsp3) is 0.375. The van der Waals surface area contributed by atoms with Gasteiger partial charge in [-0.05, 0) is 12.5 Å². The van der Waals surface area contributed by atoms with Gasteiger partial charge in [0.2, 0.25) is 0 Å². The van der Waals surface area contributed by atoms with Gasteiger partial charge in [-0.15, -0.1) is 0 Å². The van der Waals surface area contributed by atoms with Gasteiger partial charge in [-0.2, -0.15) is 0 Å². The molecule has 1 aromatic heterocycles. The molecule has 0 saturated carbocycles. The molecule has 1 heterocycles. The number of aromatic amines is 1. The van der Waals surface area contributed by atoms with E-state index in [0.717, 1.165) is 6.20 Å². The Balaban J connectivity index is 3.38. The van der Waals surface area contributed by atoms with Gasteiger partial charge in [-0.25, -0.2) is 8.78 Å². The van der Waals surface area contributed by atoms with Crippen LogP contribution in [0.1, 0.15) is 23.1 Å². The van der Waals surface area contributed by atoms with Crippen molar-refractivity contribution in [2.24, 2.45) is 0 Å². The number of pyridine rings is 1. The van der Waals surface area contributed by atoms with Crippen LogP contribution in [0.2, 0.25) is 0 Å². The lowest BCUT2D eigenvalue weighted by Gasteiger charge is -2.07. The number of halogens is 2. The van der Waals surface area contributed by atoms with Gasteiger partial charge >= 0.3 is 0 Å². The lowest BCUT2D eigenvalue weighted by atomic mass is 10.1. The van der Waals surface area contributed by atoms with Gasteiger partial charge in [0, 0.05) is 17.3 Å². The molecule has 0 unspecified atom stereocenters. The zero-order chi connectivity index (χ0) is 10.0. The second kappa shape index (κ2) is 3.66. The summed E-state index contributed by atoms with van der Waals surface area (Å²) in [5.41, 5.74) is -0.618. The van der Waals surface area contributed by atoms with E-state index in [9.17, 15) is 13.6 Å². The van der Waals surface area contributed by atoms with Crippen molar-refractivity contribution in [1.82, 2.24) is 4.98 Å². The molecule has 0 radical (unpaired) electrons. The Morgan fingerprint density at radius 3 is 2.69 bits per heavy atom. The lowest BCUT2D eigenvalue weighted by Crippen LogP contribution is -2.14. The Morgan fingerprint density at radius 1 is 1.62 bits per heavy atom. The summed E-state index contributed by atoms with van der Waals surface area (Å²) >= 11 is 0. The molecule has 0 spiro atoms. The zero-order valence-electron chi connectivity index (χ0n) is 6.97. The summed E-state index contributed by atoms with van der Waals surface area (Å²) in [6.45, 7) is 0.853. The van der Waals surface area contributed by atoms with Crippen molar-refractivity contribution in [1.29, 1.82) is 0 Å². The van der Waals surface area contributed by atoms with Crippen LogP contribution in [0.3, 0.4) is 0 Å². The number of H-pyrrole nitrogens is 1. The van der Waals surface area contributed by atoms with Crippen LogP contribution in [0.15, 0.2) is 11.0 Å². The van der Waals surface area contributed by atoms with Crippen molar-refractivity contribution in [3.8, 4) is 0 Å². The number of hydrogen-bond donors (Lipinski definition) is 2. The fourth-order valence-electron chi connectivity index (χ4n) is 1.10. The van der Waals surface area contributed by atoms with Gasteiger partial charge in [0.25, 0.3) is 12.0 Å². The zero-order valence-corrected chi connectivity index (χ0v) is 6.97. The van der Waals surface area contributed by atoms with E-state index in [1.165, 1.54) is 6.92 Å². The summed E-state index contributed by atoms with van der Waals surface area (Å²) in [6, 6.07) is 0. The van der Waals surface area contributed by atoms with Gasteiger partial charge in [-0.1, -0.05) is 0 Å². The van der Waals surface area contributed by atoms with Crippen LogP contribution in [0.4, 0.5) is 8.78 Å². The van der Waals surface area contributed by atoms with Crippen molar-refractivity contribution in [2.75, 3.05) is 0 Å². The molecular weight excluding hydrogens is 180 g/mol. The molecule has 1 rings (SSSR count). The molecule has 5 heteroatoms. The predicted octanol–water partition coefficient (Wildman–Crippen LogP) is 1.11. The maximum absolute atomic E-state index is 12.3. The minimum absolute atomic E-state index is 0.0127. The Morgan fingerprint density at radius 2 is 2.23 bits per heavy atom. The quantitative estimate of drug-likeness (QED) is 0.732. The number of aliphatic hydroxyl groups excluding tert-OH is 1. The van der Waals surface area contributed by atoms with Crippen molar-refractivity contribution < 1.29 is 13.9 Å². The van der Waals surface area contributed by atoms with E-state index in [-0.39, 0.29) is 16.7 Å².